The fourth-order valence-corrected chi connectivity index (χ4v) is 3.94. The third kappa shape index (κ3) is 5.17. The lowest BCUT2D eigenvalue weighted by Gasteiger charge is -2.09. The zero-order chi connectivity index (χ0) is 18.4. The fraction of sp³-hybridized carbons (Fsp3) is 0.474. The molecule has 0 bridgehead atoms. The highest BCUT2D eigenvalue weighted by atomic mass is 32.2. The van der Waals surface area contributed by atoms with Crippen molar-refractivity contribution < 1.29 is 9.59 Å². The van der Waals surface area contributed by atoms with Crippen molar-refractivity contribution in [3.05, 3.63) is 29.8 Å². The van der Waals surface area contributed by atoms with E-state index >= 15 is 0 Å². The molecule has 0 unspecified atom stereocenters. The standard InChI is InChI=1S/C19H24N4O2S/c1-13-8-6-7-11-15(13)20-17(24)12-16-18(25)21-19(26-16)23-22-14-9-4-2-3-5-10-14/h6-8,11,16H,2-5,9-10,12H2,1H3,(H,20,24)(H,21,23,25)/t16-/m0/s1. The van der Waals surface area contributed by atoms with Crippen LogP contribution in [0.15, 0.2) is 34.5 Å². The first-order chi connectivity index (χ1) is 12.6. The summed E-state index contributed by atoms with van der Waals surface area (Å²) in [6, 6.07) is 7.58. The number of nitrogens with one attached hydrogen (secondary N) is 2. The summed E-state index contributed by atoms with van der Waals surface area (Å²) in [5.41, 5.74) is 2.87. The number of aryl methyl sites for hydroxylation is 1. The number of benzene rings is 1. The Morgan fingerprint density at radius 2 is 1.92 bits per heavy atom. The molecular weight excluding hydrogens is 348 g/mol. The molecule has 7 heteroatoms. The quantitative estimate of drug-likeness (QED) is 0.625. The molecule has 1 atom stereocenters. The number of amides is 2. The number of thioether (sulfide) groups is 1. The Balaban J connectivity index is 1.55. The van der Waals surface area contributed by atoms with Crippen LogP contribution < -0.4 is 10.6 Å². The van der Waals surface area contributed by atoms with E-state index in [1.165, 1.54) is 24.6 Å². The average Bonchev–Trinajstić information content (AvgIpc) is 2.82. The van der Waals surface area contributed by atoms with Crippen LogP contribution in [0, 0.1) is 6.92 Å². The molecule has 3 rings (SSSR count). The number of carbonyl (C=O) groups excluding carboxylic acids is 2. The van der Waals surface area contributed by atoms with Crippen molar-refractivity contribution in [3.63, 3.8) is 0 Å². The number of carbonyl (C=O) groups is 2. The van der Waals surface area contributed by atoms with Gasteiger partial charge >= 0.3 is 0 Å². The number of nitrogens with zero attached hydrogens (tertiary/aromatic N) is 2. The number of anilines is 1. The van der Waals surface area contributed by atoms with Crippen molar-refractivity contribution >= 4 is 40.1 Å². The highest BCUT2D eigenvalue weighted by Gasteiger charge is 2.32. The minimum absolute atomic E-state index is 0.112. The third-order valence-corrected chi connectivity index (χ3v) is 5.60. The highest BCUT2D eigenvalue weighted by Crippen LogP contribution is 2.24. The van der Waals surface area contributed by atoms with Crippen LogP contribution in [0.3, 0.4) is 0 Å². The lowest BCUT2D eigenvalue weighted by molar-refractivity contribution is -0.122. The van der Waals surface area contributed by atoms with Crippen LogP contribution >= 0.6 is 11.8 Å². The van der Waals surface area contributed by atoms with Gasteiger partial charge in [-0.2, -0.15) is 5.10 Å². The van der Waals surface area contributed by atoms with E-state index < -0.39 is 5.25 Å². The molecule has 1 saturated heterocycles. The van der Waals surface area contributed by atoms with Crippen molar-refractivity contribution in [1.29, 1.82) is 0 Å². The predicted molar refractivity (Wildman–Crippen MR) is 107 cm³/mol. The second-order valence-electron chi connectivity index (χ2n) is 6.65. The van der Waals surface area contributed by atoms with Gasteiger partial charge in [-0.3, -0.25) is 9.59 Å². The van der Waals surface area contributed by atoms with Crippen molar-refractivity contribution in [3.8, 4) is 0 Å². The molecule has 0 aromatic heterocycles. The molecule has 6 nitrogen and oxygen atoms in total. The van der Waals surface area contributed by atoms with Gasteiger partial charge in [0.2, 0.25) is 11.8 Å². The summed E-state index contributed by atoms with van der Waals surface area (Å²) in [4.78, 5) is 24.3. The topological polar surface area (TPSA) is 82.9 Å². The Morgan fingerprint density at radius 1 is 1.19 bits per heavy atom. The number of rotatable bonds is 4. The van der Waals surface area contributed by atoms with Gasteiger partial charge in [-0.05, 0) is 44.2 Å². The van der Waals surface area contributed by atoms with Crippen LogP contribution in [-0.2, 0) is 9.59 Å². The molecule has 1 aliphatic carbocycles. The van der Waals surface area contributed by atoms with Crippen molar-refractivity contribution in [2.24, 2.45) is 10.2 Å². The van der Waals surface area contributed by atoms with E-state index in [0.29, 0.717) is 5.17 Å². The summed E-state index contributed by atoms with van der Waals surface area (Å²) in [6.07, 6.45) is 6.89. The van der Waals surface area contributed by atoms with E-state index in [0.717, 1.165) is 42.6 Å². The Morgan fingerprint density at radius 3 is 2.65 bits per heavy atom. The second kappa shape index (κ2) is 8.98. The fourth-order valence-electron chi connectivity index (χ4n) is 3.02. The van der Waals surface area contributed by atoms with E-state index in [1.54, 1.807) is 0 Å². The monoisotopic (exact) mass is 372 g/mol. The molecule has 0 spiro atoms. The minimum atomic E-state index is -0.466. The Kier molecular flexibility index (Phi) is 6.44. The van der Waals surface area contributed by atoms with Gasteiger partial charge in [0, 0.05) is 17.8 Å². The molecule has 1 heterocycles. The lowest BCUT2D eigenvalue weighted by atomic mass is 10.2. The van der Waals surface area contributed by atoms with Gasteiger partial charge in [-0.15, -0.1) is 5.10 Å². The van der Waals surface area contributed by atoms with Crippen LogP contribution in [0.25, 0.3) is 0 Å². The normalized spacial score (nSPS) is 22.0. The van der Waals surface area contributed by atoms with Gasteiger partial charge in [0.05, 0.1) is 0 Å². The van der Waals surface area contributed by atoms with E-state index in [9.17, 15) is 9.59 Å². The summed E-state index contributed by atoms with van der Waals surface area (Å²) in [5, 5.41) is 14.1. The molecular formula is C19H24N4O2S. The Hall–Kier alpha value is -2.15. The van der Waals surface area contributed by atoms with Gasteiger partial charge in [0.25, 0.3) is 0 Å². The van der Waals surface area contributed by atoms with E-state index in [-0.39, 0.29) is 18.2 Å². The van der Waals surface area contributed by atoms with Crippen LogP contribution in [0.4, 0.5) is 5.69 Å². The van der Waals surface area contributed by atoms with Crippen LogP contribution in [0.2, 0.25) is 0 Å². The van der Waals surface area contributed by atoms with Crippen LogP contribution in [0.1, 0.15) is 50.5 Å². The lowest BCUT2D eigenvalue weighted by Crippen LogP contribution is -2.28. The summed E-state index contributed by atoms with van der Waals surface area (Å²) in [7, 11) is 0. The molecule has 1 aromatic rings. The number of amidine groups is 1. The molecule has 26 heavy (non-hydrogen) atoms. The molecule has 2 amide bonds. The summed E-state index contributed by atoms with van der Waals surface area (Å²) >= 11 is 1.28. The van der Waals surface area contributed by atoms with Gasteiger partial charge in [-0.1, -0.05) is 42.8 Å². The first kappa shape index (κ1) is 18.6. The van der Waals surface area contributed by atoms with Crippen molar-refractivity contribution in [1.82, 2.24) is 5.32 Å². The van der Waals surface area contributed by atoms with Crippen molar-refractivity contribution in [2.45, 2.75) is 57.1 Å². The molecule has 138 valence electrons. The average molecular weight is 372 g/mol. The SMILES string of the molecule is Cc1ccccc1NC(=O)C[C@@H]1S/C(=N/N=C2CCCCCC2)NC1=O. The smallest absolute Gasteiger partial charge is 0.240 e. The van der Waals surface area contributed by atoms with Gasteiger partial charge in [0.15, 0.2) is 5.17 Å². The molecule has 1 aliphatic heterocycles. The summed E-state index contributed by atoms with van der Waals surface area (Å²) in [5.74, 6) is -0.363. The van der Waals surface area contributed by atoms with Gasteiger partial charge in [0.1, 0.15) is 5.25 Å². The van der Waals surface area contributed by atoms with Crippen molar-refractivity contribution in [2.75, 3.05) is 5.32 Å². The second-order valence-corrected chi connectivity index (χ2v) is 7.84. The van der Waals surface area contributed by atoms with E-state index in [4.69, 9.17) is 0 Å². The summed E-state index contributed by atoms with van der Waals surface area (Å²) in [6.45, 7) is 1.93. The Labute approximate surface area is 157 Å². The number of hydrogen-bond acceptors (Lipinski definition) is 5. The number of para-hydroxylation sites is 1. The maximum atomic E-state index is 12.2. The summed E-state index contributed by atoms with van der Waals surface area (Å²) < 4.78 is 0. The van der Waals surface area contributed by atoms with Gasteiger partial charge in [-0.25, -0.2) is 0 Å². The van der Waals surface area contributed by atoms with Gasteiger partial charge < -0.3 is 10.6 Å². The molecule has 2 fully saturated rings. The minimum Gasteiger partial charge on any atom is -0.326 e. The molecule has 2 N–H and O–H groups in total. The predicted octanol–water partition coefficient (Wildman–Crippen LogP) is 3.62. The molecule has 0 radical (unpaired) electrons. The van der Waals surface area contributed by atoms with E-state index in [1.807, 2.05) is 31.2 Å². The molecule has 2 aliphatic rings. The highest BCUT2D eigenvalue weighted by molar-refractivity contribution is 8.15. The molecule has 1 aromatic carbocycles. The maximum absolute atomic E-state index is 12.2. The zero-order valence-electron chi connectivity index (χ0n) is 15.0. The Bertz CT molecular complexity index is 735. The zero-order valence-corrected chi connectivity index (χ0v) is 15.8. The first-order valence-corrected chi connectivity index (χ1v) is 9.96. The molecule has 1 saturated carbocycles. The largest absolute Gasteiger partial charge is 0.326 e. The first-order valence-electron chi connectivity index (χ1n) is 9.08. The van der Waals surface area contributed by atoms with Crippen LogP contribution in [-0.4, -0.2) is 27.9 Å². The number of hydrogen-bond donors (Lipinski definition) is 2. The van der Waals surface area contributed by atoms with E-state index in [2.05, 4.69) is 20.8 Å². The maximum Gasteiger partial charge on any atom is 0.240 e. The third-order valence-electron chi connectivity index (χ3n) is 4.53. The van der Waals surface area contributed by atoms with Crippen LogP contribution in [0.5, 0.6) is 0 Å².